The zero-order chi connectivity index (χ0) is 12.5. The lowest BCUT2D eigenvalue weighted by Crippen LogP contribution is -2.45. The van der Waals surface area contributed by atoms with Crippen LogP contribution in [0.4, 0.5) is 0 Å². The van der Waals surface area contributed by atoms with Gasteiger partial charge >= 0.3 is 0 Å². The first kappa shape index (κ1) is 15.0. The van der Waals surface area contributed by atoms with Crippen molar-refractivity contribution in [2.24, 2.45) is 5.92 Å². The van der Waals surface area contributed by atoms with Crippen LogP contribution in [0.15, 0.2) is 0 Å². The van der Waals surface area contributed by atoms with Crippen LogP contribution in [0.1, 0.15) is 65.7 Å². The Balaban J connectivity index is 2.38. The molecule has 1 rings (SSSR count). The van der Waals surface area contributed by atoms with Crippen molar-refractivity contribution in [2.75, 3.05) is 13.2 Å². The van der Waals surface area contributed by atoms with Crippen molar-refractivity contribution in [2.45, 2.75) is 77.9 Å². The smallest absolute Gasteiger partial charge is 0.0730 e. The second kappa shape index (κ2) is 8.93. The summed E-state index contributed by atoms with van der Waals surface area (Å²) in [5, 5.41) is 3.60. The molecule has 0 aromatic heterocycles. The van der Waals surface area contributed by atoms with Gasteiger partial charge in [-0.25, -0.2) is 0 Å². The summed E-state index contributed by atoms with van der Waals surface area (Å²) < 4.78 is 6.10. The molecule has 0 aliphatic heterocycles. The van der Waals surface area contributed by atoms with Gasteiger partial charge in [-0.1, -0.05) is 40.0 Å². The lowest BCUT2D eigenvalue weighted by atomic mass is 9.81. The van der Waals surface area contributed by atoms with Gasteiger partial charge < -0.3 is 10.1 Å². The molecule has 2 nitrogen and oxygen atoms in total. The normalized spacial score (nSPS) is 29.5. The molecule has 17 heavy (non-hydrogen) atoms. The van der Waals surface area contributed by atoms with Crippen LogP contribution in [0.25, 0.3) is 0 Å². The van der Waals surface area contributed by atoms with Gasteiger partial charge in [0.15, 0.2) is 0 Å². The molecule has 0 saturated heterocycles. The quantitative estimate of drug-likeness (QED) is 0.653. The Morgan fingerprint density at radius 1 is 1.12 bits per heavy atom. The molecular weight excluding hydrogens is 210 g/mol. The van der Waals surface area contributed by atoms with E-state index < -0.39 is 0 Å². The number of unbranched alkanes of at least 4 members (excludes halogenated alkanes) is 1. The topological polar surface area (TPSA) is 21.3 Å². The Morgan fingerprint density at radius 2 is 1.94 bits per heavy atom. The van der Waals surface area contributed by atoms with Crippen molar-refractivity contribution in [3.63, 3.8) is 0 Å². The van der Waals surface area contributed by atoms with Crippen LogP contribution in [-0.4, -0.2) is 25.3 Å². The van der Waals surface area contributed by atoms with Crippen LogP contribution in [0.3, 0.4) is 0 Å². The van der Waals surface area contributed by atoms with Gasteiger partial charge in [-0.05, 0) is 38.1 Å². The summed E-state index contributed by atoms with van der Waals surface area (Å²) in [7, 11) is 0. The fraction of sp³-hybridized carbons (Fsp3) is 1.00. The number of hydrogen-bond acceptors (Lipinski definition) is 2. The largest absolute Gasteiger partial charge is 0.377 e. The van der Waals surface area contributed by atoms with E-state index in [1.165, 1.54) is 44.9 Å². The fourth-order valence-electron chi connectivity index (χ4n) is 2.94. The molecule has 0 aromatic carbocycles. The third kappa shape index (κ3) is 5.39. The van der Waals surface area contributed by atoms with Gasteiger partial charge in [-0.2, -0.15) is 0 Å². The number of hydrogen-bond donors (Lipinski definition) is 1. The molecule has 1 N–H and O–H groups in total. The zero-order valence-corrected chi connectivity index (χ0v) is 12.0. The Morgan fingerprint density at radius 3 is 2.59 bits per heavy atom. The summed E-state index contributed by atoms with van der Waals surface area (Å²) in [4.78, 5) is 0. The molecule has 0 heterocycles. The van der Waals surface area contributed by atoms with Gasteiger partial charge in [0, 0.05) is 12.6 Å². The van der Waals surface area contributed by atoms with E-state index in [1.807, 2.05) is 0 Å². The SMILES string of the molecule is CCCCOC1CC(CCC)CCC1NCC. The van der Waals surface area contributed by atoms with Crippen LogP contribution < -0.4 is 5.32 Å². The monoisotopic (exact) mass is 241 g/mol. The molecule has 1 aliphatic rings. The zero-order valence-electron chi connectivity index (χ0n) is 12.0. The summed E-state index contributed by atoms with van der Waals surface area (Å²) >= 11 is 0. The second-order valence-electron chi connectivity index (χ2n) is 5.39. The molecule has 3 atom stereocenters. The van der Waals surface area contributed by atoms with E-state index in [1.54, 1.807) is 0 Å². The Labute approximate surface area is 108 Å². The molecular formula is C15H31NO. The summed E-state index contributed by atoms with van der Waals surface area (Å²) in [6, 6.07) is 0.602. The Hall–Kier alpha value is -0.0800. The molecule has 0 bridgehead atoms. The van der Waals surface area contributed by atoms with E-state index in [2.05, 4.69) is 26.1 Å². The van der Waals surface area contributed by atoms with E-state index in [0.717, 1.165) is 19.1 Å². The molecule has 0 aromatic rings. The average Bonchev–Trinajstić information content (AvgIpc) is 2.33. The highest BCUT2D eigenvalue weighted by atomic mass is 16.5. The van der Waals surface area contributed by atoms with Crippen molar-refractivity contribution >= 4 is 0 Å². The van der Waals surface area contributed by atoms with E-state index >= 15 is 0 Å². The summed E-state index contributed by atoms with van der Waals surface area (Å²) in [6.07, 6.45) is 9.56. The lowest BCUT2D eigenvalue weighted by Gasteiger charge is -2.36. The first-order valence-corrected chi connectivity index (χ1v) is 7.66. The van der Waals surface area contributed by atoms with Crippen LogP contribution in [-0.2, 0) is 4.74 Å². The van der Waals surface area contributed by atoms with Crippen molar-refractivity contribution in [1.29, 1.82) is 0 Å². The van der Waals surface area contributed by atoms with Crippen LogP contribution in [0.2, 0.25) is 0 Å². The van der Waals surface area contributed by atoms with Crippen molar-refractivity contribution in [3.8, 4) is 0 Å². The molecule has 0 radical (unpaired) electrons. The Bertz CT molecular complexity index is 184. The van der Waals surface area contributed by atoms with Gasteiger partial charge in [-0.15, -0.1) is 0 Å². The first-order valence-electron chi connectivity index (χ1n) is 7.66. The number of nitrogens with one attached hydrogen (secondary N) is 1. The Kier molecular flexibility index (Phi) is 7.87. The van der Waals surface area contributed by atoms with E-state index in [9.17, 15) is 0 Å². The molecule has 1 fully saturated rings. The predicted molar refractivity (Wildman–Crippen MR) is 74.4 cm³/mol. The molecule has 0 amide bonds. The lowest BCUT2D eigenvalue weighted by molar-refractivity contribution is -0.0118. The van der Waals surface area contributed by atoms with Gasteiger partial charge in [0.05, 0.1) is 6.10 Å². The highest BCUT2D eigenvalue weighted by Crippen LogP contribution is 2.30. The van der Waals surface area contributed by atoms with Gasteiger partial charge in [-0.3, -0.25) is 0 Å². The number of rotatable bonds is 8. The third-order valence-electron chi connectivity index (χ3n) is 3.89. The van der Waals surface area contributed by atoms with Crippen LogP contribution >= 0.6 is 0 Å². The third-order valence-corrected chi connectivity index (χ3v) is 3.89. The van der Waals surface area contributed by atoms with Gasteiger partial charge in [0.25, 0.3) is 0 Å². The molecule has 3 unspecified atom stereocenters. The summed E-state index contributed by atoms with van der Waals surface area (Å²) in [6.45, 7) is 8.73. The average molecular weight is 241 g/mol. The highest BCUT2D eigenvalue weighted by Gasteiger charge is 2.29. The van der Waals surface area contributed by atoms with Crippen molar-refractivity contribution in [1.82, 2.24) is 5.32 Å². The fourth-order valence-corrected chi connectivity index (χ4v) is 2.94. The minimum atomic E-state index is 0.465. The molecule has 0 spiro atoms. The first-order chi connectivity index (χ1) is 8.31. The molecule has 1 aliphatic carbocycles. The van der Waals surface area contributed by atoms with Gasteiger partial charge in [0.2, 0.25) is 0 Å². The maximum Gasteiger partial charge on any atom is 0.0730 e. The van der Waals surface area contributed by atoms with E-state index in [4.69, 9.17) is 4.74 Å². The summed E-state index contributed by atoms with van der Waals surface area (Å²) in [5.41, 5.74) is 0. The predicted octanol–water partition coefficient (Wildman–Crippen LogP) is 3.75. The standard InChI is InChI=1S/C15H31NO/c1-4-7-11-17-15-12-13(8-5-2)9-10-14(15)16-6-3/h13-16H,4-12H2,1-3H3. The second-order valence-corrected chi connectivity index (χ2v) is 5.39. The van der Waals surface area contributed by atoms with E-state index in [-0.39, 0.29) is 0 Å². The van der Waals surface area contributed by atoms with Gasteiger partial charge in [0.1, 0.15) is 0 Å². The van der Waals surface area contributed by atoms with Crippen LogP contribution in [0.5, 0.6) is 0 Å². The number of likely N-dealkylation sites (N-methyl/N-ethyl adjacent to an activating group) is 1. The molecule has 2 heteroatoms. The molecule has 102 valence electrons. The maximum atomic E-state index is 6.10. The summed E-state index contributed by atoms with van der Waals surface area (Å²) in [5.74, 6) is 0.904. The molecule has 1 saturated carbocycles. The van der Waals surface area contributed by atoms with Crippen LogP contribution in [0, 0.1) is 5.92 Å². The maximum absolute atomic E-state index is 6.10. The number of ether oxygens (including phenoxy) is 1. The minimum Gasteiger partial charge on any atom is -0.377 e. The van der Waals surface area contributed by atoms with E-state index in [0.29, 0.717) is 12.1 Å². The van der Waals surface area contributed by atoms with Crippen molar-refractivity contribution in [3.05, 3.63) is 0 Å². The van der Waals surface area contributed by atoms with Crippen molar-refractivity contribution < 1.29 is 4.74 Å². The minimum absolute atomic E-state index is 0.465. The highest BCUT2D eigenvalue weighted by molar-refractivity contribution is 4.85.